The van der Waals surface area contributed by atoms with E-state index in [1.54, 1.807) is 49.8 Å². The molecule has 0 radical (unpaired) electrons. The molecule has 2 aromatic heterocycles. The molecule has 0 saturated heterocycles. The third-order valence-corrected chi connectivity index (χ3v) is 7.84. The number of nitrogens with one attached hydrogen (secondary N) is 1. The van der Waals surface area contributed by atoms with E-state index in [0.717, 1.165) is 4.88 Å². The normalized spacial score (nSPS) is 17.7. The van der Waals surface area contributed by atoms with Crippen LogP contribution in [0.2, 0.25) is 0 Å². The fraction of sp³-hybridized carbons (Fsp3) is 0.300. The predicted molar refractivity (Wildman–Crippen MR) is 151 cm³/mol. The van der Waals surface area contributed by atoms with Gasteiger partial charge < -0.3 is 24.3 Å². The Hall–Kier alpha value is -4.38. The fourth-order valence-corrected chi connectivity index (χ4v) is 5.73. The van der Waals surface area contributed by atoms with Crippen molar-refractivity contribution in [2.45, 2.75) is 46.8 Å². The second-order valence-corrected chi connectivity index (χ2v) is 11.9. The van der Waals surface area contributed by atoms with E-state index >= 15 is 4.39 Å². The maximum absolute atomic E-state index is 16.1. The van der Waals surface area contributed by atoms with Gasteiger partial charge in [-0.3, -0.25) is 14.7 Å². The number of thiazole rings is 1. The number of carbonyl (C=O) groups excluding carboxylic acids is 1. The van der Waals surface area contributed by atoms with Crippen LogP contribution >= 0.6 is 11.3 Å². The van der Waals surface area contributed by atoms with E-state index in [0.29, 0.717) is 53.3 Å². The van der Waals surface area contributed by atoms with Gasteiger partial charge in [0.15, 0.2) is 11.6 Å². The zero-order valence-corrected chi connectivity index (χ0v) is 23.8. The van der Waals surface area contributed by atoms with Crippen LogP contribution < -0.4 is 15.0 Å². The first-order valence-electron chi connectivity index (χ1n) is 13.1. The number of hydrogen-bond acceptors (Lipinski definition) is 9. The Morgan fingerprint density at radius 1 is 1.29 bits per heavy atom. The number of oxazole rings is 1. The number of fused-ring (bicyclic) bond motifs is 1. The summed E-state index contributed by atoms with van der Waals surface area (Å²) < 4.78 is 33.8. The Kier molecular flexibility index (Phi) is 6.69. The van der Waals surface area contributed by atoms with E-state index in [9.17, 15) is 9.90 Å². The molecule has 1 atom stereocenters. The number of carbonyl (C=O) groups is 1. The number of nitrogens with zero attached hydrogens (tertiary/aromatic N) is 3. The standard InChI is InChI=1S/C30H29FN4O5S/c1-16-25(33-17(2)40-16)29(37)35-23-6-5-7-24(36)26(23)34-22-11-30(3,4)14-39-28(22)27(35)20-9-8-18(10-21(20)31)38-13-19-12-32-15-41-19/h5-10,12,15,27,34,36H,11,13-14H2,1-4H3. The Balaban J connectivity index is 1.52. The fourth-order valence-electron chi connectivity index (χ4n) is 5.23. The van der Waals surface area contributed by atoms with Crippen LogP contribution in [0.3, 0.4) is 0 Å². The summed E-state index contributed by atoms with van der Waals surface area (Å²) in [5.74, 6) is 0.231. The molecule has 0 saturated carbocycles. The van der Waals surface area contributed by atoms with Gasteiger partial charge in [-0.25, -0.2) is 9.37 Å². The first-order chi connectivity index (χ1) is 19.6. The highest BCUT2D eigenvalue weighted by atomic mass is 32.1. The van der Waals surface area contributed by atoms with E-state index in [4.69, 9.17) is 13.9 Å². The van der Waals surface area contributed by atoms with E-state index in [-0.39, 0.29) is 29.0 Å². The number of aromatic nitrogens is 2. The lowest BCUT2D eigenvalue weighted by atomic mass is 9.85. The number of phenols is 1. The lowest BCUT2D eigenvalue weighted by Gasteiger charge is -2.37. The lowest BCUT2D eigenvalue weighted by Crippen LogP contribution is -2.39. The quantitative estimate of drug-likeness (QED) is 0.254. The summed E-state index contributed by atoms with van der Waals surface area (Å²) >= 11 is 1.45. The van der Waals surface area contributed by atoms with Crippen LogP contribution in [0.1, 0.15) is 58.9 Å². The summed E-state index contributed by atoms with van der Waals surface area (Å²) in [6.45, 7) is 8.04. The molecule has 0 spiro atoms. The number of hydrogen-bond donors (Lipinski definition) is 2. The number of aromatic hydroxyl groups is 1. The van der Waals surface area contributed by atoms with Gasteiger partial charge in [0.2, 0.25) is 0 Å². The van der Waals surface area contributed by atoms with Crippen molar-refractivity contribution >= 4 is 28.6 Å². The van der Waals surface area contributed by atoms with Gasteiger partial charge in [0.1, 0.15) is 47.2 Å². The Morgan fingerprint density at radius 3 is 2.83 bits per heavy atom. The van der Waals surface area contributed by atoms with Crippen molar-refractivity contribution in [1.29, 1.82) is 0 Å². The SMILES string of the molecule is Cc1nc(C(=O)N2c3cccc(O)c3NC3=C(OCC(C)(C)C3)C2c2ccc(OCc3cncs3)cc2F)c(C)o1. The van der Waals surface area contributed by atoms with Crippen molar-refractivity contribution in [1.82, 2.24) is 9.97 Å². The molecular formula is C30H29FN4O5S. The Bertz CT molecular complexity index is 1660. The van der Waals surface area contributed by atoms with Crippen molar-refractivity contribution in [2.24, 2.45) is 5.41 Å². The molecule has 0 bridgehead atoms. The molecule has 41 heavy (non-hydrogen) atoms. The number of aryl methyl sites for hydroxylation is 2. The van der Waals surface area contributed by atoms with Gasteiger partial charge in [0, 0.05) is 30.2 Å². The minimum absolute atomic E-state index is 0.0588. The zero-order chi connectivity index (χ0) is 28.9. The van der Waals surface area contributed by atoms with Crippen LogP contribution in [-0.2, 0) is 11.3 Å². The van der Waals surface area contributed by atoms with Crippen molar-refractivity contribution < 1.29 is 28.2 Å². The smallest absolute Gasteiger partial charge is 0.281 e. The molecule has 1 unspecified atom stereocenters. The highest BCUT2D eigenvalue weighted by Crippen LogP contribution is 2.50. The highest BCUT2D eigenvalue weighted by molar-refractivity contribution is 7.09. The molecule has 212 valence electrons. The van der Waals surface area contributed by atoms with Crippen molar-refractivity contribution in [3.05, 3.63) is 93.2 Å². The maximum atomic E-state index is 16.1. The number of para-hydroxylation sites is 1. The molecule has 2 N–H and O–H groups in total. The highest BCUT2D eigenvalue weighted by Gasteiger charge is 2.43. The number of ether oxygens (including phenoxy) is 2. The summed E-state index contributed by atoms with van der Waals surface area (Å²) in [5.41, 5.74) is 3.08. The lowest BCUT2D eigenvalue weighted by molar-refractivity contribution is 0.0756. The number of halogens is 1. The monoisotopic (exact) mass is 576 g/mol. The molecule has 9 nitrogen and oxygen atoms in total. The van der Waals surface area contributed by atoms with E-state index in [1.807, 2.05) is 0 Å². The van der Waals surface area contributed by atoms with Crippen molar-refractivity contribution in [3.63, 3.8) is 0 Å². The molecule has 4 aromatic rings. The molecule has 4 heterocycles. The first kappa shape index (κ1) is 26.8. The van der Waals surface area contributed by atoms with Gasteiger partial charge in [0.25, 0.3) is 5.91 Å². The maximum Gasteiger partial charge on any atom is 0.281 e. The van der Waals surface area contributed by atoms with Crippen molar-refractivity contribution in [3.8, 4) is 11.5 Å². The van der Waals surface area contributed by atoms with E-state index in [1.165, 1.54) is 28.4 Å². The molecule has 2 aliphatic rings. The molecule has 1 amide bonds. The summed E-state index contributed by atoms with van der Waals surface area (Å²) in [6, 6.07) is 8.42. The van der Waals surface area contributed by atoms with Gasteiger partial charge in [-0.15, -0.1) is 11.3 Å². The number of anilines is 2. The molecule has 2 aromatic carbocycles. The third kappa shape index (κ3) is 5.01. The van der Waals surface area contributed by atoms with Gasteiger partial charge in [-0.1, -0.05) is 19.9 Å². The number of allylic oxidation sites excluding steroid dienone is 1. The van der Waals surface area contributed by atoms with Gasteiger partial charge in [-0.05, 0) is 37.6 Å². The average molecular weight is 577 g/mol. The van der Waals surface area contributed by atoms with Crippen LogP contribution in [0.15, 0.2) is 64.0 Å². The van der Waals surface area contributed by atoms with Crippen LogP contribution in [0.4, 0.5) is 15.8 Å². The largest absolute Gasteiger partial charge is 0.506 e. The minimum atomic E-state index is -1.02. The Morgan fingerprint density at radius 2 is 2.12 bits per heavy atom. The number of phenolic OH excluding ortho intramolecular Hbond substituents is 1. The number of amides is 1. The topological polar surface area (TPSA) is 110 Å². The second kappa shape index (κ2) is 10.2. The minimum Gasteiger partial charge on any atom is -0.506 e. The number of rotatable bonds is 5. The first-order valence-corrected chi connectivity index (χ1v) is 14.0. The number of benzene rings is 2. The second-order valence-electron chi connectivity index (χ2n) is 10.9. The molecule has 6 rings (SSSR count). The molecule has 11 heteroatoms. The molecule has 0 fully saturated rings. The van der Waals surface area contributed by atoms with E-state index < -0.39 is 17.8 Å². The summed E-state index contributed by atoms with van der Waals surface area (Å²) in [4.78, 5) is 25.0. The Labute approximate surface area is 240 Å². The summed E-state index contributed by atoms with van der Waals surface area (Å²) in [6.07, 6.45) is 2.25. The molecule has 2 aliphatic heterocycles. The average Bonchev–Trinajstić information content (AvgIpc) is 3.53. The van der Waals surface area contributed by atoms with Crippen LogP contribution in [-0.4, -0.2) is 27.6 Å². The molecular weight excluding hydrogens is 547 g/mol. The summed E-state index contributed by atoms with van der Waals surface area (Å²) in [7, 11) is 0. The van der Waals surface area contributed by atoms with Gasteiger partial charge >= 0.3 is 0 Å². The van der Waals surface area contributed by atoms with Crippen LogP contribution in [0.5, 0.6) is 11.5 Å². The van der Waals surface area contributed by atoms with Crippen molar-refractivity contribution in [2.75, 3.05) is 16.8 Å². The van der Waals surface area contributed by atoms with Crippen LogP contribution in [0, 0.1) is 25.1 Å². The summed E-state index contributed by atoms with van der Waals surface area (Å²) in [5, 5.41) is 14.2. The van der Waals surface area contributed by atoms with E-state index in [2.05, 4.69) is 29.1 Å². The zero-order valence-electron chi connectivity index (χ0n) is 23.0. The van der Waals surface area contributed by atoms with Crippen LogP contribution in [0.25, 0.3) is 0 Å². The van der Waals surface area contributed by atoms with Gasteiger partial charge in [0.05, 0.1) is 28.4 Å². The molecule has 0 aliphatic carbocycles. The third-order valence-electron chi connectivity index (χ3n) is 7.09. The van der Waals surface area contributed by atoms with Gasteiger partial charge in [-0.2, -0.15) is 0 Å². The predicted octanol–water partition coefficient (Wildman–Crippen LogP) is 6.64.